The molecule has 0 aliphatic carbocycles. The topological polar surface area (TPSA) is 68.8 Å². The van der Waals surface area contributed by atoms with Crippen LogP contribution in [0.15, 0.2) is 36.5 Å². The van der Waals surface area contributed by atoms with Crippen LogP contribution in [0, 0.1) is 0 Å². The number of rotatable bonds is 4. The molecule has 5 rings (SSSR count). The van der Waals surface area contributed by atoms with Crippen LogP contribution in [0.5, 0.6) is 0 Å². The molecular weight excluding hydrogens is 479 g/mol. The van der Waals surface area contributed by atoms with Crippen molar-refractivity contribution in [3.63, 3.8) is 0 Å². The molecule has 35 heavy (non-hydrogen) atoms. The summed E-state index contributed by atoms with van der Waals surface area (Å²) in [5, 5.41) is 2.22. The van der Waals surface area contributed by atoms with Gasteiger partial charge in [0.1, 0.15) is 5.82 Å². The summed E-state index contributed by atoms with van der Waals surface area (Å²) in [4.78, 5) is 34.4. The van der Waals surface area contributed by atoms with Gasteiger partial charge < -0.3 is 4.90 Å². The van der Waals surface area contributed by atoms with E-state index in [0.717, 1.165) is 37.5 Å². The lowest BCUT2D eigenvalue weighted by molar-refractivity contribution is -0.139. The highest BCUT2D eigenvalue weighted by Crippen LogP contribution is 2.41. The Balaban J connectivity index is 1.22. The van der Waals surface area contributed by atoms with Gasteiger partial charge in [0.15, 0.2) is 0 Å². The molecule has 2 aromatic rings. The van der Waals surface area contributed by atoms with E-state index in [1.54, 1.807) is 0 Å². The minimum atomic E-state index is -4.39. The van der Waals surface area contributed by atoms with E-state index in [2.05, 4.69) is 21.3 Å². The predicted molar refractivity (Wildman–Crippen MR) is 127 cm³/mol. The van der Waals surface area contributed by atoms with Crippen LogP contribution < -0.4 is 10.2 Å². The van der Waals surface area contributed by atoms with Crippen molar-refractivity contribution < 1.29 is 22.8 Å². The third kappa shape index (κ3) is 4.89. The second-order valence-electron chi connectivity index (χ2n) is 9.16. The highest BCUT2D eigenvalue weighted by atomic mass is 32.1. The fraction of sp³-hybridized carbons (Fsp3) is 0.458. The summed E-state index contributed by atoms with van der Waals surface area (Å²) in [5.74, 6) is 0.0590. The number of nitrogens with zero attached hydrogens (tertiary/aromatic N) is 4. The fourth-order valence-electron chi connectivity index (χ4n) is 5.08. The van der Waals surface area contributed by atoms with Crippen molar-refractivity contribution >= 4 is 30.3 Å². The summed E-state index contributed by atoms with van der Waals surface area (Å²) in [6, 6.07) is 8.26. The molecule has 2 unspecified atom stereocenters. The lowest BCUT2D eigenvalue weighted by atomic mass is 10.0. The molecule has 186 valence electrons. The van der Waals surface area contributed by atoms with Crippen molar-refractivity contribution in [3.8, 4) is 0 Å². The lowest BCUT2D eigenvalue weighted by Crippen LogP contribution is -2.51. The van der Waals surface area contributed by atoms with Gasteiger partial charge in [0.2, 0.25) is 11.8 Å². The molecule has 0 bridgehead atoms. The number of piperazine rings is 1. The van der Waals surface area contributed by atoms with E-state index in [0.29, 0.717) is 38.3 Å². The quantitative estimate of drug-likeness (QED) is 0.492. The second kappa shape index (κ2) is 9.44. The van der Waals surface area contributed by atoms with E-state index in [4.69, 9.17) is 12.6 Å². The fourth-order valence-corrected chi connectivity index (χ4v) is 5.57. The van der Waals surface area contributed by atoms with Gasteiger partial charge in [-0.3, -0.25) is 24.7 Å². The van der Waals surface area contributed by atoms with Gasteiger partial charge in [-0.2, -0.15) is 25.8 Å². The smallest absolute Gasteiger partial charge is 0.354 e. The number of fused-ring (bicyclic) bond motifs is 1. The first-order chi connectivity index (χ1) is 16.7. The van der Waals surface area contributed by atoms with Gasteiger partial charge in [-0.15, -0.1) is 0 Å². The van der Waals surface area contributed by atoms with Gasteiger partial charge in [-0.1, -0.05) is 18.2 Å². The average molecular weight is 506 g/mol. The molecule has 11 heteroatoms. The van der Waals surface area contributed by atoms with Crippen molar-refractivity contribution in [2.45, 2.75) is 43.5 Å². The van der Waals surface area contributed by atoms with Crippen molar-refractivity contribution in [2.24, 2.45) is 0 Å². The monoisotopic (exact) mass is 505 g/mol. The van der Waals surface area contributed by atoms with Crippen molar-refractivity contribution in [1.29, 1.82) is 0 Å². The Kier molecular flexibility index (Phi) is 6.49. The van der Waals surface area contributed by atoms with E-state index >= 15 is 0 Å². The number of carbonyl (C=O) groups excluding carboxylic acids is 2. The molecule has 2 atom stereocenters. The maximum Gasteiger partial charge on any atom is 0.417 e. The minimum Gasteiger partial charge on any atom is -0.354 e. The lowest BCUT2D eigenvalue weighted by Gasteiger charge is -2.35. The molecule has 0 spiro atoms. The summed E-state index contributed by atoms with van der Waals surface area (Å²) >= 11 is 4.79. The number of imide groups is 1. The largest absolute Gasteiger partial charge is 0.417 e. The number of pyridine rings is 1. The van der Waals surface area contributed by atoms with E-state index in [1.165, 1.54) is 17.2 Å². The second-order valence-corrected chi connectivity index (χ2v) is 9.65. The number of benzene rings is 1. The number of thiol groups is 1. The number of halogens is 3. The SMILES string of the molecule is O=C1CCC(N2Cc3c(CN4CCN(c5ccc(C(F)(F)F)cn5)CC4)cccc3C2S)C(=O)N1. The Morgan fingerprint density at radius 1 is 1.09 bits per heavy atom. The van der Waals surface area contributed by atoms with Gasteiger partial charge in [0.25, 0.3) is 0 Å². The zero-order chi connectivity index (χ0) is 24.7. The molecule has 2 fully saturated rings. The van der Waals surface area contributed by atoms with Crippen LogP contribution in [0.2, 0.25) is 0 Å². The van der Waals surface area contributed by atoms with Gasteiger partial charge in [-0.25, -0.2) is 4.98 Å². The number of hydrogen-bond acceptors (Lipinski definition) is 7. The predicted octanol–water partition coefficient (Wildman–Crippen LogP) is 2.97. The summed E-state index contributed by atoms with van der Waals surface area (Å²) in [6.45, 7) is 4.19. The van der Waals surface area contributed by atoms with Gasteiger partial charge >= 0.3 is 6.18 Å². The summed E-state index contributed by atoms with van der Waals surface area (Å²) in [6.07, 6.45) is -2.68. The molecule has 3 aliphatic rings. The van der Waals surface area contributed by atoms with Crippen LogP contribution >= 0.6 is 12.6 Å². The number of amides is 2. The van der Waals surface area contributed by atoms with Crippen LogP contribution in [-0.2, 0) is 28.9 Å². The molecular formula is C24H26F3N5O2S. The van der Waals surface area contributed by atoms with Crippen LogP contribution in [0.3, 0.4) is 0 Å². The molecule has 0 saturated carbocycles. The summed E-state index contributed by atoms with van der Waals surface area (Å²) in [5.41, 5.74) is 2.69. The number of nitrogens with one attached hydrogen (secondary N) is 1. The Labute approximate surface area is 206 Å². The molecule has 1 aromatic carbocycles. The Hall–Kier alpha value is -2.63. The summed E-state index contributed by atoms with van der Waals surface area (Å²) < 4.78 is 38.4. The van der Waals surface area contributed by atoms with Crippen molar-refractivity contribution in [2.75, 3.05) is 31.1 Å². The van der Waals surface area contributed by atoms with E-state index < -0.39 is 11.7 Å². The first-order valence-electron chi connectivity index (χ1n) is 11.6. The van der Waals surface area contributed by atoms with Gasteiger partial charge in [0.05, 0.1) is 17.0 Å². The van der Waals surface area contributed by atoms with Crippen LogP contribution in [-0.4, -0.2) is 58.8 Å². The Bertz CT molecular complexity index is 1120. The van der Waals surface area contributed by atoms with E-state index in [1.807, 2.05) is 21.9 Å². The van der Waals surface area contributed by atoms with Gasteiger partial charge in [-0.05, 0) is 35.2 Å². The van der Waals surface area contributed by atoms with Crippen molar-refractivity contribution in [3.05, 3.63) is 58.8 Å². The van der Waals surface area contributed by atoms with E-state index in [-0.39, 0.29) is 23.2 Å². The average Bonchev–Trinajstić information content (AvgIpc) is 3.16. The Morgan fingerprint density at radius 3 is 2.51 bits per heavy atom. The third-order valence-electron chi connectivity index (χ3n) is 7.02. The zero-order valence-corrected chi connectivity index (χ0v) is 19.9. The molecule has 4 heterocycles. The molecule has 7 nitrogen and oxygen atoms in total. The first-order valence-corrected chi connectivity index (χ1v) is 12.1. The maximum atomic E-state index is 12.8. The number of carbonyl (C=O) groups is 2. The molecule has 2 saturated heterocycles. The van der Waals surface area contributed by atoms with Crippen LogP contribution in [0.1, 0.15) is 40.5 Å². The highest BCUT2D eigenvalue weighted by Gasteiger charge is 2.40. The summed E-state index contributed by atoms with van der Waals surface area (Å²) in [7, 11) is 0. The molecule has 1 N–H and O–H groups in total. The molecule has 2 amide bonds. The zero-order valence-electron chi connectivity index (χ0n) is 19.0. The number of hydrogen-bond donors (Lipinski definition) is 2. The third-order valence-corrected chi connectivity index (χ3v) is 7.59. The standard InChI is InChI=1S/C24H26F3N5O2S/c25-24(26,27)16-4-6-20(28-12-16)31-10-8-30(9-11-31)13-15-2-1-3-17-18(15)14-32(23(17)35)19-5-7-21(33)29-22(19)34/h1-4,6,12,19,23,35H,5,7-11,13-14H2,(H,29,33,34). The van der Waals surface area contributed by atoms with Crippen molar-refractivity contribution in [1.82, 2.24) is 20.1 Å². The van der Waals surface area contributed by atoms with Crippen LogP contribution in [0.4, 0.5) is 19.0 Å². The number of aromatic nitrogens is 1. The van der Waals surface area contributed by atoms with E-state index in [9.17, 15) is 22.8 Å². The highest BCUT2D eigenvalue weighted by molar-refractivity contribution is 7.80. The Morgan fingerprint density at radius 2 is 1.86 bits per heavy atom. The molecule has 3 aliphatic heterocycles. The first kappa shape index (κ1) is 24.1. The maximum absolute atomic E-state index is 12.8. The number of piperidine rings is 1. The molecule has 0 radical (unpaired) electrons. The number of anilines is 1. The van der Waals surface area contributed by atoms with Gasteiger partial charge in [0, 0.05) is 51.9 Å². The number of alkyl halides is 3. The molecule has 1 aromatic heterocycles. The normalized spacial score (nSPS) is 23.9. The minimum absolute atomic E-state index is 0.212. The van der Waals surface area contributed by atoms with Crippen LogP contribution in [0.25, 0.3) is 0 Å².